The van der Waals surface area contributed by atoms with Gasteiger partial charge in [-0.25, -0.2) is 19.9 Å². The van der Waals surface area contributed by atoms with Gasteiger partial charge in [0.25, 0.3) is 0 Å². The highest BCUT2D eigenvalue weighted by atomic mass is 15.1. The number of imidazole rings is 1. The van der Waals surface area contributed by atoms with Crippen molar-refractivity contribution >= 4 is 11.0 Å². The van der Waals surface area contributed by atoms with E-state index in [0.717, 1.165) is 78.3 Å². The minimum atomic E-state index is 0.630. The molecule has 0 amide bonds. The summed E-state index contributed by atoms with van der Waals surface area (Å²) in [6.07, 6.45) is 1.87. The molecule has 0 aliphatic carbocycles. The van der Waals surface area contributed by atoms with Crippen LogP contribution in [0.5, 0.6) is 0 Å². The Balaban J connectivity index is 1.06. The smallest absolute Gasteiger partial charge is 0.164 e. The fraction of sp³-hybridized carbons (Fsp3) is 0. The number of nitrogens with zero attached hydrogens (tertiary/aromatic N) is 6. The van der Waals surface area contributed by atoms with Crippen LogP contribution in [-0.4, -0.2) is 29.5 Å². The number of fused-ring (bicyclic) bond motifs is 5. The van der Waals surface area contributed by atoms with Crippen LogP contribution in [0.1, 0.15) is 0 Å². The van der Waals surface area contributed by atoms with Gasteiger partial charge in [-0.3, -0.25) is 9.55 Å². The first kappa shape index (κ1) is 28.9. The fourth-order valence-electron chi connectivity index (χ4n) is 7.07. The lowest BCUT2D eigenvalue weighted by Crippen LogP contribution is -2.00. The van der Waals surface area contributed by atoms with Crippen molar-refractivity contribution in [1.82, 2.24) is 29.5 Å². The molecule has 0 atom stereocenters. The monoisotopic (exact) mass is 652 g/mol. The molecule has 238 valence electrons. The first-order valence-electron chi connectivity index (χ1n) is 16.9. The van der Waals surface area contributed by atoms with Crippen molar-refractivity contribution in [1.29, 1.82) is 0 Å². The molecule has 0 bridgehead atoms. The van der Waals surface area contributed by atoms with E-state index in [-0.39, 0.29) is 0 Å². The van der Waals surface area contributed by atoms with Gasteiger partial charge in [0.2, 0.25) is 0 Å². The van der Waals surface area contributed by atoms with E-state index in [1.54, 1.807) is 0 Å². The number of hydrogen-bond donors (Lipinski definition) is 0. The van der Waals surface area contributed by atoms with Gasteiger partial charge in [-0.15, -0.1) is 0 Å². The van der Waals surface area contributed by atoms with Gasteiger partial charge in [0, 0.05) is 45.1 Å². The molecule has 6 nitrogen and oxygen atoms in total. The molecule has 9 aromatic rings. The molecular weight excluding hydrogens is 625 g/mol. The third-order valence-corrected chi connectivity index (χ3v) is 9.47. The van der Waals surface area contributed by atoms with E-state index in [4.69, 9.17) is 24.9 Å². The zero-order valence-electron chi connectivity index (χ0n) is 27.3. The first-order chi connectivity index (χ1) is 25.3. The van der Waals surface area contributed by atoms with E-state index in [0.29, 0.717) is 17.5 Å². The van der Waals surface area contributed by atoms with Crippen LogP contribution in [0.25, 0.3) is 95.8 Å². The molecule has 6 aromatic carbocycles. The summed E-state index contributed by atoms with van der Waals surface area (Å²) in [5.41, 5.74) is 13.4. The third kappa shape index (κ3) is 4.92. The summed E-state index contributed by atoms with van der Waals surface area (Å²) in [6.45, 7) is 0. The molecular formula is C45H28N6. The third-order valence-electron chi connectivity index (χ3n) is 9.47. The average Bonchev–Trinajstić information content (AvgIpc) is 3.56. The van der Waals surface area contributed by atoms with Gasteiger partial charge in [-0.1, -0.05) is 140 Å². The predicted molar refractivity (Wildman–Crippen MR) is 204 cm³/mol. The van der Waals surface area contributed by atoms with Crippen LogP contribution < -0.4 is 0 Å². The number of hydrogen-bond acceptors (Lipinski definition) is 5. The Kier molecular flexibility index (Phi) is 6.70. The molecule has 6 heteroatoms. The molecule has 51 heavy (non-hydrogen) atoms. The zero-order chi connectivity index (χ0) is 33.7. The Labute approximate surface area is 294 Å². The summed E-state index contributed by atoms with van der Waals surface area (Å²) >= 11 is 0. The van der Waals surface area contributed by atoms with E-state index in [9.17, 15) is 0 Å². The van der Waals surface area contributed by atoms with Gasteiger partial charge in [-0.2, -0.15) is 0 Å². The fourth-order valence-corrected chi connectivity index (χ4v) is 7.07. The number of rotatable bonds is 5. The number of benzene rings is 6. The van der Waals surface area contributed by atoms with Crippen LogP contribution in [0.2, 0.25) is 0 Å². The van der Waals surface area contributed by atoms with Crippen LogP contribution in [0.15, 0.2) is 170 Å². The minimum absolute atomic E-state index is 0.630. The van der Waals surface area contributed by atoms with Crippen molar-refractivity contribution in [3.8, 4) is 84.7 Å². The Hall–Kier alpha value is -7.05. The second-order valence-electron chi connectivity index (χ2n) is 12.6. The summed E-state index contributed by atoms with van der Waals surface area (Å²) in [5, 5.41) is 0. The van der Waals surface area contributed by atoms with E-state index in [2.05, 4.69) is 102 Å². The summed E-state index contributed by atoms with van der Waals surface area (Å²) in [4.78, 5) is 24.8. The van der Waals surface area contributed by atoms with E-state index in [1.807, 2.05) is 72.9 Å². The molecule has 0 radical (unpaired) electrons. The highest BCUT2D eigenvalue weighted by molar-refractivity contribution is 6.02. The Bertz CT molecular complexity index is 2680. The van der Waals surface area contributed by atoms with Gasteiger partial charge in [-0.05, 0) is 35.4 Å². The Morgan fingerprint density at radius 3 is 1.69 bits per heavy atom. The van der Waals surface area contributed by atoms with E-state index < -0.39 is 0 Å². The van der Waals surface area contributed by atoms with Crippen LogP contribution >= 0.6 is 0 Å². The molecule has 0 unspecified atom stereocenters. The second kappa shape index (κ2) is 11.8. The molecule has 0 saturated heterocycles. The predicted octanol–water partition coefficient (Wildman–Crippen LogP) is 10.6. The number of pyridine rings is 1. The first-order valence-corrected chi connectivity index (χ1v) is 16.9. The molecule has 10 rings (SSSR count). The second-order valence-corrected chi connectivity index (χ2v) is 12.6. The van der Waals surface area contributed by atoms with Gasteiger partial charge in [0.15, 0.2) is 17.5 Å². The van der Waals surface area contributed by atoms with E-state index in [1.165, 1.54) is 0 Å². The quantitative estimate of drug-likeness (QED) is 0.185. The SMILES string of the molecule is c1ccc(-c2nc(-c3ccccc3)nc(-c3cccc(-c4ccc(-c5nc6cccc7c6n5-c5ccccc5-c5ncccc5-7)cc4)c3)n2)cc1. The Morgan fingerprint density at radius 1 is 0.373 bits per heavy atom. The number of aromatic nitrogens is 6. The largest absolute Gasteiger partial charge is 0.291 e. The Morgan fingerprint density at radius 2 is 0.941 bits per heavy atom. The molecule has 0 fully saturated rings. The summed E-state index contributed by atoms with van der Waals surface area (Å²) in [7, 11) is 0. The lowest BCUT2D eigenvalue weighted by Gasteiger charge is -2.13. The molecule has 0 spiro atoms. The normalized spacial score (nSPS) is 11.5. The van der Waals surface area contributed by atoms with Crippen LogP contribution in [0, 0.1) is 0 Å². The van der Waals surface area contributed by atoms with Gasteiger partial charge in [0.1, 0.15) is 5.82 Å². The molecule has 1 aliphatic rings. The lowest BCUT2D eigenvalue weighted by atomic mass is 9.99. The minimum Gasteiger partial charge on any atom is -0.291 e. The molecule has 4 heterocycles. The highest BCUT2D eigenvalue weighted by Crippen LogP contribution is 2.44. The summed E-state index contributed by atoms with van der Waals surface area (Å²) in [6, 6.07) is 56.1. The van der Waals surface area contributed by atoms with Gasteiger partial charge in [0.05, 0.1) is 22.4 Å². The van der Waals surface area contributed by atoms with Gasteiger partial charge < -0.3 is 0 Å². The van der Waals surface area contributed by atoms with Crippen LogP contribution in [-0.2, 0) is 0 Å². The van der Waals surface area contributed by atoms with Crippen LogP contribution in [0.4, 0.5) is 0 Å². The van der Waals surface area contributed by atoms with Crippen molar-refractivity contribution in [2.45, 2.75) is 0 Å². The topological polar surface area (TPSA) is 69.4 Å². The maximum atomic E-state index is 5.21. The molecule has 3 aromatic heterocycles. The van der Waals surface area contributed by atoms with Crippen molar-refractivity contribution in [3.05, 3.63) is 170 Å². The number of para-hydroxylation sites is 2. The van der Waals surface area contributed by atoms with Gasteiger partial charge >= 0.3 is 0 Å². The molecule has 0 saturated carbocycles. The zero-order valence-corrected chi connectivity index (χ0v) is 27.3. The average molecular weight is 653 g/mol. The maximum absolute atomic E-state index is 5.21. The van der Waals surface area contributed by atoms with Crippen molar-refractivity contribution < 1.29 is 0 Å². The molecule has 0 N–H and O–H groups in total. The van der Waals surface area contributed by atoms with Crippen molar-refractivity contribution in [2.75, 3.05) is 0 Å². The molecule has 1 aliphatic heterocycles. The summed E-state index contributed by atoms with van der Waals surface area (Å²) in [5.74, 6) is 2.81. The lowest BCUT2D eigenvalue weighted by molar-refractivity contribution is 1.07. The van der Waals surface area contributed by atoms with Crippen molar-refractivity contribution in [2.24, 2.45) is 0 Å². The van der Waals surface area contributed by atoms with Crippen LogP contribution in [0.3, 0.4) is 0 Å². The highest BCUT2D eigenvalue weighted by Gasteiger charge is 2.25. The summed E-state index contributed by atoms with van der Waals surface area (Å²) < 4.78 is 2.30. The maximum Gasteiger partial charge on any atom is 0.164 e. The van der Waals surface area contributed by atoms with Crippen molar-refractivity contribution in [3.63, 3.8) is 0 Å². The standard InChI is InChI=1S/C45H28N6/c1-3-12-30(13-4-1)42-48-43(31-14-5-2-6-15-31)50-44(49-42)34-17-9-16-33(28-34)29-23-25-32(26-24-29)45-47-38-21-10-19-36-35-20-11-27-46-40(35)37-18-7-8-22-39(37)51(45)41(36)38/h1-28H. The van der Waals surface area contributed by atoms with E-state index >= 15 is 0 Å².